The molecule has 2 nitrogen and oxygen atoms in total. The van der Waals surface area contributed by atoms with Crippen molar-refractivity contribution in [3.63, 3.8) is 0 Å². The molecule has 17 heavy (non-hydrogen) atoms. The van der Waals surface area contributed by atoms with E-state index in [0.29, 0.717) is 0 Å². The van der Waals surface area contributed by atoms with Gasteiger partial charge < -0.3 is 9.30 Å². The molecule has 0 saturated carbocycles. The molecule has 0 spiro atoms. The molecule has 0 bridgehead atoms. The van der Waals surface area contributed by atoms with Crippen LogP contribution in [0, 0.1) is 0 Å². The van der Waals surface area contributed by atoms with E-state index >= 15 is 0 Å². The summed E-state index contributed by atoms with van der Waals surface area (Å²) in [6.07, 6.45) is 5.82. The first-order chi connectivity index (χ1) is 8.21. The Balaban J connectivity index is 2.16. The number of benzene rings is 1. The van der Waals surface area contributed by atoms with Gasteiger partial charge in [0.25, 0.3) is 0 Å². The Kier molecular flexibility index (Phi) is 2.48. The second-order valence-corrected chi connectivity index (χ2v) is 5.21. The second-order valence-electron chi connectivity index (χ2n) is 5.21. The van der Waals surface area contributed by atoms with Gasteiger partial charge in [-0.2, -0.15) is 0 Å². The molecule has 0 aliphatic carbocycles. The van der Waals surface area contributed by atoms with Crippen molar-refractivity contribution < 1.29 is 4.74 Å². The average Bonchev–Trinajstić information content (AvgIpc) is 2.69. The van der Waals surface area contributed by atoms with Gasteiger partial charge in [-0.3, -0.25) is 0 Å². The maximum atomic E-state index is 6.06. The zero-order chi connectivity index (χ0) is 11.9. The van der Waals surface area contributed by atoms with Gasteiger partial charge in [0.15, 0.2) is 0 Å². The van der Waals surface area contributed by atoms with E-state index in [0.717, 1.165) is 13.0 Å². The molecule has 1 aromatic carbocycles. The van der Waals surface area contributed by atoms with Crippen LogP contribution in [-0.2, 0) is 17.4 Å². The number of rotatable bonds is 1. The fourth-order valence-electron chi connectivity index (χ4n) is 2.91. The van der Waals surface area contributed by atoms with Gasteiger partial charge in [-0.15, -0.1) is 0 Å². The van der Waals surface area contributed by atoms with E-state index < -0.39 is 0 Å². The van der Waals surface area contributed by atoms with Crippen LogP contribution in [0.1, 0.15) is 31.7 Å². The Labute approximate surface area is 102 Å². The molecule has 0 amide bonds. The van der Waals surface area contributed by atoms with Crippen molar-refractivity contribution in [2.24, 2.45) is 7.05 Å². The smallest absolute Gasteiger partial charge is 0.0923 e. The number of para-hydroxylation sites is 1. The molecule has 1 saturated heterocycles. The van der Waals surface area contributed by atoms with Crippen molar-refractivity contribution in [2.45, 2.75) is 31.8 Å². The van der Waals surface area contributed by atoms with Crippen LogP contribution in [0.25, 0.3) is 10.9 Å². The minimum absolute atomic E-state index is 0.0981. The minimum atomic E-state index is -0.0981. The van der Waals surface area contributed by atoms with Gasteiger partial charge in [0.1, 0.15) is 0 Å². The van der Waals surface area contributed by atoms with Crippen LogP contribution in [0.4, 0.5) is 0 Å². The predicted molar refractivity (Wildman–Crippen MR) is 70.1 cm³/mol. The van der Waals surface area contributed by atoms with Gasteiger partial charge >= 0.3 is 0 Å². The van der Waals surface area contributed by atoms with E-state index in [1.807, 2.05) is 0 Å². The number of aryl methyl sites for hydroxylation is 1. The van der Waals surface area contributed by atoms with Crippen molar-refractivity contribution >= 4 is 10.9 Å². The van der Waals surface area contributed by atoms with Gasteiger partial charge in [0.2, 0.25) is 0 Å². The fraction of sp³-hybridized carbons (Fsp3) is 0.467. The van der Waals surface area contributed by atoms with E-state index in [9.17, 15) is 0 Å². The summed E-state index contributed by atoms with van der Waals surface area (Å²) in [5, 5.41) is 1.33. The highest BCUT2D eigenvalue weighted by Gasteiger charge is 2.32. The summed E-state index contributed by atoms with van der Waals surface area (Å²) in [7, 11) is 2.11. The first kappa shape index (κ1) is 10.8. The molecule has 1 aromatic heterocycles. The van der Waals surface area contributed by atoms with E-state index in [1.165, 1.54) is 29.3 Å². The molecule has 2 heteroatoms. The Bertz CT molecular complexity index is 535. The van der Waals surface area contributed by atoms with Crippen LogP contribution < -0.4 is 0 Å². The molecule has 1 fully saturated rings. The highest BCUT2D eigenvalue weighted by molar-refractivity contribution is 5.84. The molecule has 3 rings (SSSR count). The van der Waals surface area contributed by atoms with Crippen LogP contribution in [0.15, 0.2) is 30.5 Å². The van der Waals surface area contributed by atoms with Gasteiger partial charge in [0.05, 0.1) is 5.60 Å². The summed E-state index contributed by atoms with van der Waals surface area (Å²) in [6, 6.07) is 8.58. The van der Waals surface area contributed by atoms with Crippen LogP contribution in [0.5, 0.6) is 0 Å². The number of ether oxygens (including phenoxy) is 1. The van der Waals surface area contributed by atoms with Crippen molar-refractivity contribution in [2.75, 3.05) is 6.61 Å². The average molecular weight is 229 g/mol. The van der Waals surface area contributed by atoms with Crippen LogP contribution in [0.2, 0.25) is 0 Å². The summed E-state index contributed by atoms with van der Waals surface area (Å²) < 4.78 is 8.26. The highest BCUT2D eigenvalue weighted by Crippen LogP contribution is 2.38. The molecule has 2 heterocycles. The zero-order valence-corrected chi connectivity index (χ0v) is 10.6. The van der Waals surface area contributed by atoms with E-state index in [-0.39, 0.29) is 5.60 Å². The third kappa shape index (κ3) is 1.67. The second kappa shape index (κ2) is 3.88. The molecule has 1 atom stereocenters. The summed E-state index contributed by atoms with van der Waals surface area (Å²) in [5.41, 5.74) is 2.53. The highest BCUT2D eigenvalue weighted by atomic mass is 16.5. The molecular formula is C15H19NO. The summed E-state index contributed by atoms with van der Waals surface area (Å²) in [6.45, 7) is 3.12. The van der Waals surface area contributed by atoms with Crippen molar-refractivity contribution in [3.05, 3.63) is 36.0 Å². The lowest BCUT2D eigenvalue weighted by Crippen LogP contribution is -2.29. The maximum absolute atomic E-state index is 6.06. The number of fused-ring (bicyclic) bond motifs is 1. The quantitative estimate of drug-likeness (QED) is 0.729. The lowest BCUT2D eigenvalue weighted by Gasteiger charge is -2.33. The largest absolute Gasteiger partial charge is 0.371 e. The van der Waals surface area contributed by atoms with E-state index in [4.69, 9.17) is 4.74 Å². The topological polar surface area (TPSA) is 14.2 Å². The zero-order valence-electron chi connectivity index (χ0n) is 10.6. The molecule has 1 unspecified atom stereocenters. The van der Waals surface area contributed by atoms with Crippen LogP contribution in [-0.4, -0.2) is 11.2 Å². The lowest BCUT2D eigenvalue weighted by atomic mass is 9.88. The molecule has 0 N–H and O–H groups in total. The molecule has 90 valence electrons. The van der Waals surface area contributed by atoms with Gasteiger partial charge in [-0.05, 0) is 32.3 Å². The Morgan fingerprint density at radius 1 is 1.24 bits per heavy atom. The van der Waals surface area contributed by atoms with Crippen molar-refractivity contribution in [1.82, 2.24) is 4.57 Å². The molecule has 1 aliphatic heterocycles. The first-order valence-electron chi connectivity index (χ1n) is 6.39. The molecule has 1 aliphatic rings. The van der Waals surface area contributed by atoms with Crippen molar-refractivity contribution in [3.8, 4) is 0 Å². The summed E-state index contributed by atoms with van der Waals surface area (Å²) >= 11 is 0. The van der Waals surface area contributed by atoms with Crippen molar-refractivity contribution in [1.29, 1.82) is 0 Å². The Morgan fingerprint density at radius 2 is 2.06 bits per heavy atom. The lowest BCUT2D eigenvalue weighted by molar-refractivity contribution is -0.0692. The fourth-order valence-corrected chi connectivity index (χ4v) is 2.91. The summed E-state index contributed by atoms with van der Waals surface area (Å²) in [5.74, 6) is 0. The number of hydrogen-bond donors (Lipinski definition) is 0. The Morgan fingerprint density at radius 3 is 2.82 bits per heavy atom. The summed E-state index contributed by atoms with van der Waals surface area (Å²) in [4.78, 5) is 0. The Hall–Kier alpha value is -1.28. The first-order valence-corrected chi connectivity index (χ1v) is 6.39. The number of hydrogen-bond acceptors (Lipinski definition) is 1. The maximum Gasteiger partial charge on any atom is 0.0923 e. The predicted octanol–water partition coefficient (Wildman–Crippen LogP) is 3.59. The normalized spacial score (nSPS) is 25.3. The SMILES string of the molecule is Cn1cc(C2(C)CCCCO2)c2ccccc21. The third-order valence-corrected chi connectivity index (χ3v) is 3.94. The van der Waals surface area contributed by atoms with Gasteiger partial charge in [-0.25, -0.2) is 0 Å². The van der Waals surface area contributed by atoms with Crippen LogP contribution >= 0.6 is 0 Å². The minimum Gasteiger partial charge on any atom is -0.371 e. The number of aromatic nitrogens is 1. The van der Waals surface area contributed by atoms with E-state index in [2.05, 4.69) is 49.0 Å². The van der Waals surface area contributed by atoms with Gasteiger partial charge in [0, 0.05) is 36.3 Å². The van der Waals surface area contributed by atoms with Gasteiger partial charge in [-0.1, -0.05) is 18.2 Å². The number of nitrogens with zero attached hydrogens (tertiary/aromatic N) is 1. The third-order valence-electron chi connectivity index (χ3n) is 3.94. The monoisotopic (exact) mass is 229 g/mol. The molecule has 2 aromatic rings. The van der Waals surface area contributed by atoms with Crippen LogP contribution in [0.3, 0.4) is 0 Å². The standard InChI is InChI=1S/C15H19NO/c1-15(9-5-6-10-17-15)13-11-16(2)14-8-4-3-7-12(13)14/h3-4,7-8,11H,5-6,9-10H2,1-2H3. The molecule has 0 radical (unpaired) electrons. The van der Waals surface area contributed by atoms with E-state index in [1.54, 1.807) is 0 Å². The molecular weight excluding hydrogens is 210 g/mol.